The van der Waals surface area contributed by atoms with Crippen LogP contribution in [-0.2, 0) is 0 Å². The van der Waals surface area contributed by atoms with Gasteiger partial charge in [-0.05, 0) is 92.5 Å². The average molecular weight is 389 g/mol. The van der Waals surface area contributed by atoms with Crippen LogP contribution in [0, 0.1) is 42.3 Å². The Morgan fingerprint density at radius 1 is 0.897 bits per heavy atom. The molecule has 0 aromatic heterocycles. The molecule has 0 spiro atoms. The van der Waals surface area contributed by atoms with Crippen molar-refractivity contribution in [2.75, 3.05) is 0 Å². The fourth-order valence-electron chi connectivity index (χ4n) is 5.62. The first-order chi connectivity index (χ1) is 14.1. The van der Waals surface area contributed by atoms with Gasteiger partial charge in [0.25, 0.3) is 0 Å². The Kier molecular flexibility index (Phi) is 6.39. The fraction of sp³-hybridized carbons (Fsp3) is 0.500. The summed E-state index contributed by atoms with van der Waals surface area (Å²) in [6, 6.07) is 13.8. The zero-order chi connectivity index (χ0) is 20.2. The third-order valence-electron chi connectivity index (χ3n) is 7.28. The van der Waals surface area contributed by atoms with E-state index in [1.165, 1.54) is 62.5 Å². The van der Waals surface area contributed by atoms with Crippen LogP contribution in [0.5, 0.6) is 0 Å². The molecular formula is C28H33F. The molecule has 0 aliphatic heterocycles. The number of hydrogen-bond acceptors (Lipinski definition) is 0. The maximum Gasteiger partial charge on any atom is 0.139 e. The maximum absolute atomic E-state index is 14.7. The maximum atomic E-state index is 14.7. The van der Waals surface area contributed by atoms with Crippen molar-refractivity contribution in [2.45, 2.75) is 71.1 Å². The van der Waals surface area contributed by atoms with E-state index in [2.05, 4.69) is 31.8 Å². The van der Waals surface area contributed by atoms with Crippen LogP contribution >= 0.6 is 0 Å². The molecule has 1 heteroatoms. The molecule has 2 fully saturated rings. The van der Waals surface area contributed by atoms with Crippen molar-refractivity contribution in [1.29, 1.82) is 0 Å². The van der Waals surface area contributed by atoms with Gasteiger partial charge in [0.15, 0.2) is 0 Å². The normalized spacial score (nSPS) is 26.3. The van der Waals surface area contributed by atoms with Crippen LogP contribution in [0.1, 0.15) is 86.5 Å². The molecule has 0 N–H and O–H groups in total. The molecular weight excluding hydrogens is 355 g/mol. The monoisotopic (exact) mass is 388 g/mol. The lowest BCUT2D eigenvalue weighted by Gasteiger charge is -2.42. The predicted octanol–water partition coefficient (Wildman–Crippen LogP) is 7.63. The Balaban J connectivity index is 1.42. The molecule has 0 amide bonds. The van der Waals surface area contributed by atoms with Gasteiger partial charge in [0, 0.05) is 5.56 Å². The van der Waals surface area contributed by atoms with Gasteiger partial charge < -0.3 is 0 Å². The van der Waals surface area contributed by atoms with E-state index in [1.54, 1.807) is 6.07 Å². The lowest BCUT2D eigenvalue weighted by atomic mass is 9.63. The van der Waals surface area contributed by atoms with E-state index in [4.69, 9.17) is 0 Å². The number of benzene rings is 2. The smallest absolute Gasteiger partial charge is 0.139 e. The van der Waals surface area contributed by atoms with E-state index in [0.29, 0.717) is 11.5 Å². The van der Waals surface area contributed by atoms with Gasteiger partial charge in [-0.3, -0.25) is 0 Å². The molecule has 4 atom stereocenters. The predicted molar refractivity (Wildman–Crippen MR) is 119 cm³/mol. The third kappa shape index (κ3) is 4.92. The summed E-state index contributed by atoms with van der Waals surface area (Å²) in [7, 11) is 0. The zero-order valence-corrected chi connectivity index (χ0v) is 17.9. The minimum atomic E-state index is -0.170. The number of hydrogen-bond donors (Lipinski definition) is 0. The zero-order valence-electron chi connectivity index (χ0n) is 17.9. The van der Waals surface area contributed by atoms with Crippen LogP contribution in [0.15, 0.2) is 42.5 Å². The highest BCUT2D eigenvalue weighted by Crippen LogP contribution is 2.48. The van der Waals surface area contributed by atoms with E-state index < -0.39 is 0 Å². The van der Waals surface area contributed by atoms with Crippen LogP contribution in [0.4, 0.5) is 4.39 Å². The Morgan fingerprint density at radius 3 is 2.41 bits per heavy atom. The van der Waals surface area contributed by atoms with E-state index in [0.717, 1.165) is 23.3 Å². The minimum Gasteiger partial charge on any atom is -0.206 e. The molecule has 4 rings (SSSR count). The summed E-state index contributed by atoms with van der Waals surface area (Å²) in [5.74, 6) is 9.19. The lowest BCUT2D eigenvalue weighted by Crippen LogP contribution is -2.30. The summed E-state index contributed by atoms with van der Waals surface area (Å²) in [5, 5.41) is 0. The van der Waals surface area contributed by atoms with E-state index in [9.17, 15) is 4.39 Å². The van der Waals surface area contributed by atoms with E-state index in [-0.39, 0.29) is 5.82 Å². The van der Waals surface area contributed by atoms with Crippen LogP contribution in [0.25, 0.3) is 0 Å². The molecule has 29 heavy (non-hydrogen) atoms. The molecule has 0 bridgehead atoms. The highest BCUT2D eigenvalue weighted by atomic mass is 19.1. The molecule has 1 unspecified atom stereocenters. The highest BCUT2D eigenvalue weighted by molar-refractivity contribution is 5.45. The van der Waals surface area contributed by atoms with Crippen molar-refractivity contribution >= 4 is 0 Å². The Bertz CT molecular complexity index is 883. The summed E-state index contributed by atoms with van der Waals surface area (Å²) in [5.41, 5.74) is 3.82. The van der Waals surface area contributed by atoms with Gasteiger partial charge in [-0.1, -0.05) is 61.8 Å². The largest absolute Gasteiger partial charge is 0.206 e. The standard InChI is InChI=1S/C28H33F/c1-3-4-22-10-12-25-18-26(16-15-24(25)17-22)27-14-13-23(28(29)19-27)11-9-21-7-5-20(2)6-8-21/h5-8,13-14,19,22,24-26H,3-4,10,12,15-18H2,1-2H3/t22?,24-,25-,26-/m1/s1. The molecule has 0 nitrogen and oxygen atoms in total. The Hall–Kier alpha value is -2.07. The first-order valence-corrected chi connectivity index (χ1v) is 11.5. The fourth-order valence-corrected chi connectivity index (χ4v) is 5.62. The van der Waals surface area contributed by atoms with Gasteiger partial charge in [-0.15, -0.1) is 0 Å². The Morgan fingerprint density at radius 2 is 1.66 bits per heavy atom. The van der Waals surface area contributed by atoms with Gasteiger partial charge in [0.05, 0.1) is 5.56 Å². The molecule has 152 valence electrons. The van der Waals surface area contributed by atoms with Crippen molar-refractivity contribution in [3.05, 3.63) is 70.5 Å². The average Bonchev–Trinajstić information content (AvgIpc) is 2.74. The number of fused-ring (bicyclic) bond motifs is 1. The number of aryl methyl sites for hydroxylation is 1. The lowest BCUT2D eigenvalue weighted by molar-refractivity contribution is 0.114. The van der Waals surface area contributed by atoms with E-state index >= 15 is 0 Å². The third-order valence-corrected chi connectivity index (χ3v) is 7.28. The molecule has 2 aromatic rings. The highest BCUT2D eigenvalue weighted by Gasteiger charge is 2.35. The molecule has 2 aromatic carbocycles. The topological polar surface area (TPSA) is 0 Å². The number of rotatable bonds is 3. The van der Waals surface area contributed by atoms with Crippen molar-refractivity contribution in [3.63, 3.8) is 0 Å². The molecule has 0 heterocycles. The summed E-state index contributed by atoms with van der Waals surface area (Å²) >= 11 is 0. The molecule has 2 aliphatic carbocycles. The van der Waals surface area contributed by atoms with Crippen LogP contribution in [0.2, 0.25) is 0 Å². The van der Waals surface area contributed by atoms with Gasteiger partial charge in [-0.25, -0.2) is 4.39 Å². The van der Waals surface area contributed by atoms with Crippen LogP contribution in [-0.4, -0.2) is 0 Å². The second-order valence-corrected chi connectivity index (χ2v) is 9.35. The molecule has 2 aliphatic rings. The Labute approximate surface area is 175 Å². The minimum absolute atomic E-state index is 0.170. The van der Waals surface area contributed by atoms with Crippen LogP contribution < -0.4 is 0 Å². The van der Waals surface area contributed by atoms with Crippen molar-refractivity contribution in [1.82, 2.24) is 0 Å². The van der Waals surface area contributed by atoms with E-state index in [1.807, 2.05) is 30.3 Å². The van der Waals surface area contributed by atoms with Crippen molar-refractivity contribution in [3.8, 4) is 11.8 Å². The first kappa shape index (κ1) is 20.2. The summed E-state index contributed by atoms with van der Waals surface area (Å²) in [6.07, 6.45) is 10.7. The molecule has 0 saturated heterocycles. The van der Waals surface area contributed by atoms with Crippen molar-refractivity contribution < 1.29 is 4.39 Å². The second kappa shape index (κ2) is 9.17. The summed E-state index contributed by atoms with van der Waals surface area (Å²) in [4.78, 5) is 0. The SMILES string of the molecule is CCCC1CC[C@@H]2C[C@H](c3ccc(C#Cc4ccc(C)cc4)c(F)c3)CC[C@@H]2C1. The van der Waals surface area contributed by atoms with Gasteiger partial charge in [-0.2, -0.15) is 0 Å². The van der Waals surface area contributed by atoms with Crippen molar-refractivity contribution in [2.24, 2.45) is 17.8 Å². The molecule has 2 saturated carbocycles. The van der Waals surface area contributed by atoms with Crippen LogP contribution in [0.3, 0.4) is 0 Å². The summed E-state index contributed by atoms with van der Waals surface area (Å²) < 4.78 is 14.7. The quantitative estimate of drug-likeness (QED) is 0.474. The number of halogens is 1. The summed E-state index contributed by atoms with van der Waals surface area (Å²) in [6.45, 7) is 4.37. The first-order valence-electron chi connectivity index (χ1n) is 11.5. The van der Waals surface area contributed by atoms with Gasteiger partial charge in [0.1, 0.15) is 5.82 Å². The second-order valence-electron chi connectivity index (χ2n) is 9.35. The molecule has 0 radical (unpaired) electrons. The van der Waals surface area contributed by atoms with Gasteiger partial charge >= 0.3 is 0 Å². The van der Waals surface area contributed by atoms with Gasteiger partial charge in [0.2, 0.25) is 0 Å².